The SMILES string of the molecule is C=C(S)/C=C(\C)Cl. The van der Waals surface area contributed by atoms with E-state index in [1.165, 1.54) is 0 Å². The molecule has 0 fully saturated rings. The first-order chi connectivity index (χ1) is 3.13. The van der Waals surface area contributed by atoms with Crippen molar-refractivity contribution < 1.29 is 0 Å². The molecule has 7 heavy (non-hydrogen) atoms. The van der Waals surface area contributed by atoms with Crippen molar-refractivity contribution in [1.82, 2.24) is 0 Å². The zero-order valence-electron chi connectivity index (χ0n) is 4.11. The van der Waals surface area contributed by atoms with Crippen LogP contribution in [0.4, 0.5) is 0 Å². The Morgan fingerprint density at radius 1 is 1.86 bits per heavy atom. The first-order valence-corrected chi connectivity index (χ1v) is 2.67. The molecule has 0 heterocycles. The highest BCUT2D eigenvalue weighted by Gasteiger charge is 1.77. The molecule has 0 aliphatic heterocycles. The Balaban J connectivity index is 3.68. The van der Waals surface area contributed by atoms with Crippen LogP contribution in [0.5, 0.6) is 0 Å². The molecule has 0 bridgehead atoms. The van der Waals surface area contributed by atoms with E-state index in [0.29, 0.717) is 9.94 Å². The number of thiol groups is 1. The summed E-state index contributed by atoms with van der Waals surface area (Å²) >= 11 is 9.31. The van der Waals surface area contributed by atoms with Crippen LogP contribution < -0.4 is 0 Å². The second-order valence-corrected chi connectivity index (χ2v) is 2.39. The van der Waals surface area contributed by atoms with Crippen LogP contribution in [0.25, 0.3) is 0 Å². The van der Waals surface area contributed by atoms with E-state index in [-0.39, 0.29) is 0 Å². The minimum atomic E-state index is 0.688. The molecule has 0 aromatic carbocycles. The summed E-state index contributed by atoms with van der Waals surface area (Å²) in [5.41, 5.74) is 0. The van der Waals surface area contributed by atoms with Crippen LogP contribution in [0.1, 0.15) is 6.92 Å². The summed E-state index contributed by atoms with van der Waals surface area (Å²) in [7, 11) is 0. The van der Waals surface area contributed by atoms with Gasteiger partial charge in [-0.25, -0.2) is 0 Å². The van der Waals surface area contributed by atoms with Crippen molar-refractivity contribution in [2.24, 2.45) is 0 Å². The molecule has 0 rings (SSSR count). The smallest absolute Gasteiger partial charge is 0.0160 e. The molecule has 0 saturated heterocycles. The van der Waals surface area contributed by atoms with Crippen LogP contribution in [-0.4, -0.2) is 0 Å². The van der Waals surface area contributed by atoms with Crippen molar-refractivity contribution in [2.75, 3.05) is 0 Å². The summed E-state index contributed by atoms with van der Waals surface area (Å²) in [6, 6.07) is 0. The van der Waals surface area contributed by atoms with Crippen molar-refractivity contribution in [1.29, 1.82) is 0 Å². The summed E-state index contributed by atoms with van der Waals surface area (Å²) in [6.07, 6.45) is 1.69. The van der Waals surface area contributed by atoms with E-state index < -0.39 is 0 Å². The third-order valence-corrected chi connectivity index (χ3v) is 0.604. The Bertz CT molecular complexity index is 101. The fraction of sp³-hybridized carbons (Fsp3) is 0.200. The lowest BCUT2D eigenvalue weighted by Crippen LogP contribution is -1.57. The summed E-state index contributed by atoms with van der Waals surface area (Å²) in [6.45, 7) is 5.28. The molecule has 0 aliphatic rings. The normalized spacial score (nSPS) is 11.6. The van der Waals surface area contributed by atoms with Crippen molar-refractivity contribution in [3.63, 3.8) is 0 Å². The fourth-order valence-corrected chi connectivity index (χ4v) is 0.631. The molecule has 0 amide bonds. The monoisotopic (exact) mass is 134 g/mol. The molecule has 0 radical (unpaired) electrons. The van der Waals surface area contributed by atoms with Gasteiger partial charge < -0.3 is 0 Å². The van der Waals surface area contributed by atoms with Gasteiger partial charge in [-0.15, -0.1) is 12.6 Å². The molecule has 0 saturated carbocycles. The molecule has 40 valence electrons. The van der Waals surface area contributed by atoms with Gasteiger partial charge in [-0.05, 0) is 17.9 Å². The average Bonchev–Trinajstić information content (AvgIpc) is 1.27. The maximum Gasteiger partial charge on any atom is 0.0160 e. The maximum absolute atomic E-state index is 5.42. The lowest BCUT2D eigenvalue weighted by Gasteiger charge is -1.82. The minimum absolute atomic E-state index is 0.688. The second kappa shape index (κ2) is 3.16. The summed E-state index contributed by atoms with van der Waals surface area (Å²) in [5, 5.41) is 0.708. The molecule has 0 unspecified atom stereocenters. The van der Waals surface area contributed by atoms with Gasteiger partial charge in [0.1, 0.15) is 0 Å². The van der Waals surface area contributed by atoms with E-state index in [2.05, 4.69) is 19.2 Å². The molecule has 0 N–H and O–H groups in total. The van der Waals surface area contributed by atoms with Crippen LogP contribution in [0, 0.1) is 0 Å². The third-order valence-electron chi connectivity index (χ3n) is 0.366. The standard InChI is InChI=1S/C5H7ClS/c1-4(6)3-5(2)7/h3,7H,2H2,1H3/b4-3+. The Morgan fingerprint density at radius 2 is 2.29 bits per heavy atom. The molecular formula is C5H7ClS. The predicted molar refractivity (Wildman–Crippen MR) is 37.7 cm³/mol. The first-order valence-electron chi connectivity index (χ1n) is 1.84. The van der Waals surface area contributed by atoms with Gasteiger partial charge in [0.2, 0.25) is 0 Å². The van der Waals surface area contributed by atoms with Gasteiger partial charge in [-0.3, -0.25) is 0 Å². The Hall–Kier alpha value is 0.120. The summed E-state index contributed by atoms with van der Waals surface area (Å²) in [4.78, 5) is 0.688. The number of halogens is 1. The zero-order chi connectivity index (χ0) is 5.86. The molecule has 0 nitrogen and oxygen atoms in total. The van der Waals surface area contributed by atoms with Crippen molar-refractivity contribution in [3.8, 4) is 0 Å². The highest BCUT2D eigenvalue weighted by atomic mass is 35.5. The number of hydrogen-bond acceptors (Lipinski definition) is 1. The Labute approximate surface area is 54.3 Å². The van der Waals surface area contributed by atoms with Gasteiger partial charge in [0.05, 0.1) is 0 Å². The van der Waals surface area contributed by atoms with Gasteiger partial charge in [0.15, 0.2) is 0 Å². The van der Waals surface area contributed by atoms with Crippen LogP contribution in [0.15, 0.2) is 22.6 Å². The summed E-state index contributed by atoms with van der Waals surface area (Å²) in [5.74, 6) is 0. The second-order valence-electron chi connectivity index (χ2n) is 1.22. The van der Waals surface area contributed by atoms with E-state index in [0.717, 1.165) is 0 Å². The quantitative estimate of drug-likeness (QED) is 0.414. The Morgan fingerprint density at radius 3 is 2.29 bits per heavy atom. The van der Waals surface area contributed by atoms with Crippen molar-refractivity contribution in [2.45, 2.75) is 6.92 Å². The van der Waals surface area contributed by atoms with E-state index in [1.54, 1.807) is 13.0 Å². The van der Waals surface area contributed by atoms with Crippen LogP contribution in [0.3, 0.4) is 0 Å². The minimum Gasteiger partial charge on any atom is -0.144 e. The maximum atomic E-state index is 5.42. The zero-order valence-corrected chi connectivity index (χ0v) is 5.76. The van der Waals surface area contributed by atoms with E-state index in [4.69, 9.17) is 11.6 Å². The fourth-order valence-electron chi connectivity index (χ4n) is 0.230. The Kier molecular flexibility index (Phi) is 3.22. The average molecular weight is 135 g/mol. The van der Waals surface area contributed by atoms with E-state index >= 15 is 0 Å². The highest BCUT2D eigenvalue weighted by molar-refractivity contribution is 7.84. The molecular weight excluding hydrogens is 128 g/mol. The molecule has 0 atom stereocenters. The van der Waals surface area contributed by atoms with Crippen LogP contribution >= 0.6 is 24.2 Å². The molecule has 0 spiro atoms. The topological polar surface area (TPSA) is 0 Å². The van der Waals surface area contributed by atoms with Gasteiger partial charge in [0.25, 0.3) is 0 Å². The predicted octanol–water partition coefficient (Wildman–Crippen LogP) is 2.57. The van der Waals surface area contributed by atoms with Gasteiger partial charge in [0, 0.05) is 5.03 Å². The number of rotatable bonds is 1. The molecule has 2 heteroatoms. The van der Waals surface area contributed by atoms with E-state index in [1.807, 2.05) is 0 Å². The lowest BCUT2D eigenvalue weighted by atomic mass is 10.5. The first kappa shape index (κ1) is 7.12. The van der Waals surface area contributed by atoms with Gasteiger partial charge >= 0.3 is 0 Å². The largest absolute Gasteiger partial charge is 0.144 e. The highest BCUT2D eigenvalue weighted by Crippen LogP contribution is 2.05. The third kappa shape index (κ3) is 6.12. The number of hydrogen-bond donors (Lipinski definition) is 1. The summed E-state index contributed by atoms with van der Waals surface area (Å²) < 4.78 is 0. The lowest BCUT2D eigenvalue weighted by molar-refractivity contribution is 1.66. The molecule has 0 aliphatic carbocycles. The molecule has 0 aromatic rings. The van der Waals surface area contributed by atoms with Gasteiger partial charge in [-0.1, -0.05) is 18.2 Å². The van der Waals surface area contributed by atoms with Crippen LogP contribution in [0.2, 0.25) is 0 Å². The van der Waals surface area contributed by atoms with Crippen molar-refractivity contribution >= 4 is 24.2 Å². The van der Waals surface area contributed by atoms with E-state index in [9.17, 15) is 0 Å². The number of allylic oxidation sites excluding steroid dienone is 2. The molecule has 0 aromatic heterocycles. The van der Waals surface area contributed by atoms with Gasteiger partial charge in [-0.2, -0.15) is 0 Å². The van der Waals surface area contributed by atoms with Crippen molar-refractivity contribution in [3.05, 3.63) is 22.6 Å². The van der Waals surface area contributed by atoms with Crippen LogP contribution in [-0.2, 0) is 0 Å².